The van der Waals surface area contributed by atoms with Gasteiger partial charge in [0.05, 0.1) is 13.2 Å². The minimum absolute atomic E-state index is 0.117. The molecule has 5 heteroatoms. The molecule has 1 fully saturated rings. The van der Waals surface area contributed by atoms with Gasteiger partial charge >= 0.3 is 0 Å². The van der Waals surface area contributed by atoms with Gasteiger partial charge in [-0.2, -0.15) is 0 Å². The Morgan fingerprint density at radius 3 is 2.54 bits per heavy atom. The number of fused-ring (bicyclic) bond motifs is 1. The van der Waals surface area contributed by atoms with Crippen LogP contribution in [0.4, 0.5) is 4.39 Å². The van der Waals surface area contributed by atoms with E-state index in [0.29, 0.717) is 32.7 Å². The third kappa shape index (κ3) is 3.67. The highest BCUT2D eigenvalue weighted by atomic mass is 19.1. The molecule has 28 heavy (non-hydrogen) atoms. The van der Waals surface area contributed by atoms with Gasteiger partial charge in [-0.05, 0) is 36.2 Å². The van der Waals surface area contributed by atoms with E-state index < -0.39 is 0 Å². The Bertz CT molecular complexity index is 958. The fourth-order valence-electron chi connectivity index (χ4n) is 4.03. The zero-order valence-electron chi connectivity index (χ0n) is 16.1. The van der Waals surface area contributed by atoms with Gasteiger partial charge in [0, 0.05) is 49.1 Å². The van der Waals surface area contributed by atoms with Crippen molar-refractivity contribution in [3.8, 4) is 0 Å². The van der Waals surface area contributed by atoms with E-state index in [1.807, 2.05) is 17.0 Å². The fourth-order valence-corrected chi connectivity index (χ4v) is 4.03. The molecule has 146 valence electrons. The molecule has 0 bridgehead atoms. The van der Waals surface area contributed by atoms with Gasteiger partial charge in [-0.3, -0.25) is 4.79 Å². The Morgan fingerprint density at radius 1 is 1.11 bits per heavy atom. The highest BCUT2D eigenvalue weighted by Gasteiger charge is 2.26. The number of carbonyl (C=O) groups excluding carboxylic acids is 1. The summed E-state index contributed by atoms with van der Waals surface area (Å²) in [7, 11) is 0. The third-order valence-corrected chi connectivity index (χ3v) is 5.55. The molecular formula is C23H25FN2O2. The van der Waals surface area contributed by atoms with E-state index in [4.69, 9.17) is 4.74 Å². The molecule has 1 unspecified atom stereocenters. The molecule has 0 radical (unpaired) electrons. The maximum Gasteiger partial charge on any atom is 0.223 e. The summed E-state index contributed by atoms with van der Waals surface area (Å²) in [5.41, 5.74) is 3.23. The maximum absolute atomic E-state index is 13.5. The van der Waals surface area contributed by atoms with E-state index >= 15 is 0 Å². The summed E-state index contributed by atoms with van der Waals surface area (Å²) in [5, 5.41) is 1.15. The zero-order valence-corrected chi connectivity index (χ0v) is 16.1. The molecular weight excluding hydrogens is 355 g/mol. The summed E-state index contributed by atoms with van der Waals surface area (Å²) >= 11 is 0. The molecule has 1 amide bonds. The van der Waals surface area contributed by atoms with Crippen LogP contribution in [0.25, 0.3) is 10.9 Å². The van der Waals surface area contributed by atoms with Gasteiger partial charge in [-0.1, -0.05) is 30.3 Å². The Morgan fingerprint density at radius 2 is 1.82 bits per heavy atom. The van der Waals surface area contributed by atoms with Crippen LogP contribution in [0, 0.1) is 5.82 Å². The predicted octanol–water partition coefficient (Wildman–Crippen LogP) is 4.18. The number of benzene rings is 2. The van der Waals surface area contributed by atoms with Gasteiger partial charge in [0.15, 0.2) is 0 Å². The van der Waals surface area contributed by atoms with E-state index in [1.54, 1.807) is 12.1 Å². The van der Waals surface area contributed by atoms with E-state index in [1.165, 1.54) is 12.1 Å². The molecule has 1 saturated heterocycles. The van der Waals surface area contributed by atoms with Gasteiger partial charge < -0.3 is 14.2 Å². The molecule has 1 aromatic heterocycles. The van der Waals surface area contributed by atoms with Crippen molar-refractivity contribution in [3.05, 3.63) is 71.7 Å². The molecule has 0 aliphatic carbocycles. The fraction of sp³-hybridized carbons (Fsp3) is 0.348. The molecule has 1 atom stereocenters. The van der Waals surface area contributed by atoms with Crippen LogP contribution in [0.3, 0.4) is 0 Å². The van der Waals surface area contributed by atoms with Crippen LogP contribution in [0.1, 0.15) is 30.4 Å². The lowest BCUT2D eigenvalue weighted by atomic mass is 9.87. The minimum atomic E-state index is -0.266. The van der Waals surface area contributed by atoms with Crippen LogP contribution in [0.5, 0.6) is 0 Å². The smallest absolute Gasteiger partial charge is 0.223 e. The Hall–Kier alpha value is -2.66. The summed E-state index contributed by atoms with van der Waals surface area (Å²) in [6, 6.07) is 14.8. The Kier molecular flexibility index (Phi) is 5.44. The molecule has 2 heterocycles. The lowest BCUT2D eigenvalue weighted by Crippen LogP contribution is -2.41. The molecule has 4 nitrogen and oxygen atoms in total. The van der Waals surface area contributed by atoms with Gasteiger partial charge in [-0.25, -0.2) is 4.39 Å². The monoisotopic (exact) mass is 380 g/mol. The highest BCUT2D eigenvalue weighted by molar-refractivity contribution is 5.86. The van der Waals surface area contributed by atoms with Crippen LogP contribution in [0.2, 0.25) is 0 Å². The molecule has 2 aromatic carbocycles. The van der Waals surface area contributed by atoms with Gasteiger partial charge in [0.1, 0.15) is 5.82 Å². The Labute approximate surface area is 164 Å². The van der Waals surface area contributed by atoms with E-state index in [2.05, 4.69) is 29.8 Å². The van der Waals surface area contributed by atoms with Crippen molar-refractivity contribution in [3.63, 3.8) is 0 Å². The Balaban J connectivity index is 1.75. The molecule has 0 saturated carbocycles. The normalized spacial score (nSPS) is 15.7. The van der Waals surface area contributed by atoms with Crippen LogP contribution >= 0.6 is 0 Å². The van der Waals surface area contributed by atoms with E-state index in [0.717, 1.165) is 28.6 Å². The lowest BCUT2D eigenvalue weighted by molar-refractivity contribution is -0.135. The van der Waals surface area contributed by atoms with Crippen LogP contribution < -0.4 is 0 Å². The number of nitrogens with zero attached hydrogens (tertiary/aromatic N) is 2. The number of amides is 1. The number of carbonyl (C=O) groups is 1. The largest absolute Gasteiger partial charge is 0.378 e. The van der Waals surface area contributed by atoms with E-state index in [-0.39, 0.29) is 17.6 Å². The van der Waals surface area contributed by atoms with Crippen LogP contribution in [-0.4, -0.2) is 41.7 Å². The first kappa shape index (κ1) is 18.7. The van der Waals surface area contributed by atoms with Crippen LogP contribution in [-0.2, 0) is 16.1 Å². The molecule has 1 aliphatic heterocycles. The molecule has 3 aromatic rings. The second-order valence-electron chi connectivity index (χ2n) is 7.19. The number of hydrogen-bond acceptors (Lipinski definition) is 2. The highest BCUT2D eigenvalue weighted by Crippen LogP contribution is 2.35. The summed E-state index contributed by atoms with van der Waals surface area (Å²) in [6.07, 6.45) is 2.51. The molecule has 1 aliphatic rings. The number of hydrogen-bond donors (Lipinski definition) is 0. The molecule has 4 rings (SSSR count). The molecule has 0 N–H and O–H groups in total. The van der Waals surface area contributed by atoms with Crippen molar-refractivity contribution in [2.45, 2.75) is 25.8 Å². The number of aromatic nitrogens is 1. The zero-order chi connectivity index (χ0) is 19.5. The minimum Gasteiger partial charge on any atom is -0.378 e. The topological polar surface area (TPSA) is 34.5 Å². The third-order valence-electron chi connectivity index (χ3n) is 5.55. The maximum atomic E-state index is 13.5. The van der Waals surface area contributed by atoms with Gasteiger partial charge in [-0.15, -0.1) is 0 Å². The number of para-hydroxylation sites is 1. The van der Waals surface area contributed by atoms with Crippen molar-refractivity contribution in [1.29, 1.82) is 0 Å². The second-order valence-corrected chi connectivity index (χ2v) is 7.19. The average Bonchev–Trinajstić information content (AvgIpc) is 3.12. The first-order valence-corrected chi connectivity index (χ1v) is 9.86. The predicted molar refractivity (Wildman–Crippen MR) is 108 cm³/mol. The second kappa shape index (κ2) is 8.15. The summed E-state index contributed by atoms with van der Waals surface area (Å²) < 4.78 is 21.1. The summed E-state index contributed by atoms with van der Waals surface area (Å²) in [4.78, 5) is 14.9. The van der Waals surface area contributed by atoms with Crippen molar-refractivity contribution in [2.75, 3.05) is 26.3 Å². The van der Waals surface area contributed by atoms with Gasteiger partial charge in [0.2, 0.25) is 5.91 Å². The number of rotatable bonds is 5. The number of ether oxygens (including phenoxy) is 1. The standard InChI is InChI=1S/C23H25FN2O2/c1-2-25-16-21(19-5-3-4-6-22(19)25)20(17-7-9-18(24)10-8-17)15-23(27)26-11-13-28-14-12-26/h3-10,16,20H,2,11-15H2,1H3. The van der Waals surface area contributed by atoms with Crippen molar-refractivity contribution in [2.24, 2.45) is 0 Å². The van der Waals surface area contributed by atoms with Crippen LogP contribution in [0.15, 0.2) is 54.7 Å². The average molecular weight is 380 g/mol. The first-order valence-electron chi connectivity index (χ1n) is 9.86. The van der Waals surface area contributed by atoms with Crippen molar-refractivity contribution >= 4 is 16.8 Å². The van der Waals surface area contributed by atoms with Crippen molar-refractivity contribution in [1.82, 2.24) is 9.47 Å². The lowest BCUT2D eigenvalue weighted by Gasteiger charge is -2.28. The van der Waals surface area contributed by atoms with E-state index in [9.17, 15) is 9.18 Å². The van der Waals surface area contributed by atoms with Gasteiger partial charge in [0.25, 0.3) is 0 Å². The number of halogens is 1. The number of morpholine rings is 1. The van der Waals surface area contributed by atoms with Crippen molar-refractivity contribution < 1.29 is 13.9 Å². The first-order chi connectivity index (χ1) is 13.7. The number of aryl methyl sites for hydroxylation is 1. The quantitative estimate of drug-likeness (QED) is 0.665. The summed E-state index contributed by atoms with van der Waals surface area (Å²) in [5.74, 6) is -0.266. The SMILES string of the molecule is CCn1cc(C(CC(=O)N2CCOCC2)c2ccc(F)cc2)c2ccccc21. The molecule has 0 spiro atoms. The summed E-state index contributed by atoms with van der Waals surface area (Å²) in [6.45, 7) is 5.40.